The normalized spacial score (nSPS) is 17.0. The Morgan fingerprint density at radius 2 is 1.71 bits per heavy atom. The first kappa shape index (κ1) is 29.6. The molecule has 0 saturated carbocycles. The molecule has 2 amide bonds. The number of rotatable bonds is 9. The van der Waals surface area contributed by atoms with Gasteiger partial charge in [0.05, 0.1) is 0 Å². The first-order chi connectivity index (χ1) is 20.2. The van der Waals surface area contributed by atoms with Crippen molar-refractivity contribution in [2.45, 2.75) is 32.0 Å². The van der Waals surface area contributed by atoms with Crippen LogP contribution in [0, 0.1) is 11.7 Å². The number of nitrogens with zero attached hydrogens (tertiary/aromatic N) is 5. The van der Waals surface area contributed by atoms with Gasteiger partial charge in [-0.2, -0.15) is 4.98 Å². The van der Waals surface area contributed by atoms with Gasteiger partial charge in [0.25, 0.3) is 0 Å². The SMILES string of the molecule is O=C(NCCCN1CCC(Cc2ccccc2F)CC1)N1CCN(c2nc(-c3ccc(OC(F)(F)F)cc3)no2)CC1. The van der Waals surface area contributed by atoms with Crippen molar-refractivity contribution in [3.05, 3.63) is 59.9 Å². The smallest absolute Gasteiger partial charge is 0.406 e. The zero-order chi connectivity index (χ0) is 29.5. The number of nitrogens with one attached hydrogen (secondary N) is 1. The van der Waals surface area contributed by atoms with Crippen LogP contribution in [0.25, 0.3) is 11.4 Å². The molecule has 0 bridgehead atoms. The number of aromatic nitrogens is 2. The van der Waals surface area contributed by atoms with Crippen molar-refractivity contribution < 1.29 is 31.6 Å². The highest BCUT2D eigenvalue weighted by atomic mass is 19.4. The number of carbonyl (C=O) groups excluding carboxylic acids is 1. The molecule has 1 aromatic heterocycles. The summed E-state index contributed by atoms with van der Waals surface area (Å²) in [5, 5.41) is 6.94. The van der Waals surface area contributed by atoms with E-state index < -0.39 is 6.36 Å². The van der Waals surface area contributed by atoms with E-state index >= 15 is 0 Å². The summed E-state index contributed by atoms with van der Waals surface area (Å²) in [6, 6.07) is 12.4. The molecule has 13 heteroatoms. The van der Waals surface area contributed by atoms with Crippen LogP contribution in [-0.2, 0) is 6.42 Å². The van der Waals surface area contributed by atoms with Crippen LogP contribution in [0.1, 0.15) is 24.8 Å². The minimum Gasteiger partial charge on any atom is -0.406 e. The number of ether oxygens (including phenoxy) is 1. The Kier molecular flexibility index (Phi) is 9.45. The van der Waals surface area contributed by atoms with E-state index in [0.29, 0.717) is 50.2 Å². The maximum Gasteiger partial charge on any atom is 0.573 e. The monoisotopic (exact) mass is 590 g/mol. The lowest BCUT2D eigenvalue weighted by Gasteiger charge is -2.34. The minimum absolute atomic E-state index is 0.106. The molecule has 5 rings (SSSR count). The zero-order valence-corrected chi connectivity index (χ0v) is 23.2. The molecule has 2 saturated heterocycles. The average molecular weight is 591 g/mol. The molecule has 2 aromatic carbocycles. The van der Waals surface area contributed by atoms with Crippen LogP contribution in [0.3, 0.4) is 0 Å². The summed E-state index contributed by atoms with van der Waals surface area (Å²) in [6.45, 7) is 5.48. The predicted molar refractivity (Wildman–Crippen MR) is 147 cm³/mol. The molecule has 2 aliphatic rings. The fourth-order valence-electron chi connectivity index (χ4n) is 5.37. The van der Waals surface area contributed by atoms with E-state index in [1.165, 1.54) is 30.3 Å². The topological polar surface area (TPSA) is 87.0 Å². The molecule has 0 spiro atoms. The van der Waals surface area contributed by atoms with Crippen molar-refractivity contribution in [2.75, 3.05) is 57.3 Å². The number of amides is 2. The Morgan fingerprint density at radius 1 is 1.00 bits per heavy atom. The highest BCUT2D eigenvalue weighted by Gasteiger charge is 2.31. The second-order valence-electron chi connectivity index (χ2n) is 10.6. The summed E-state index contributed by atoms with van der Waals surface area (Å²) >= 11 is 0. The van der Waals surface area contributed by atoms with Gasteiger partial charge in [-0.15, -0.1) is 13.2 Å². The number of hydrogen-bond donors (Lipinski definition) is 1. The van der Waals surface area contributed by atoms with Crippen molar-refractivity contribution >= 4 is 12.0 Å². The third kappa shape index (κ3) is 8.11. The molecule has 1 N–H and O–H groups in total. The van der Waals surface area contributed by atoms with Crippen LogP contribution in [-0.4, -0.2) is 84.7 Å². The second-order valence-corrected chi connectivity index (χ2v) is 10.6. The Bertz CT molecular complexity index is 1300. The number of piperidine rings is 1. The largest absolute Gasteiger partial charge is 0.573 e. The zero-order valence-electron chi connectivity index (χ0n) is 23.2. The Balaban J connectivity index is 0.976. The molecule has 0 atom stereocenters. The van der Waals surface area contributed by atoms with Crippen molar-refractivity contribution in [1.82, 2.24) is 25.3 Å². The summed E-state index contributed by atoms with van der Waals surface area (Å²) in [4.78, 5) is 23.0. The maximum absolute atomic E-state index is 13.9. The lowest BCUT2D eigenvalue weighted by Crippen LogP contribution is -2.52. The van der Waals surface area contributed by atoms with Gasteiger partial charge in [0.15, 0.2) is 0 Å². The van der Waals surface area contributed by atoms with E-state index in [1.807, 2.05) is 17.0 Å². The van der Waals surface area contributed by atoms with Crippen molar-refractivity contribution in [3.8, 4) is 17.1 Å². The molecule has 3 heterocycles. The van der Waals surface area contributed by atoms with E-state index in [1.54, 1.807) is 11.0 Å². The number of hydrogen-bond acceptors (Lipinski definition) is 7. The molecule has 0 radical (unpaired) electrons. The minimum atomic E-state index is -4.76. The van der Waals surface area contributed by atoms with Crippen LogP contribution >= 0.6 is 0 Å². The third-order valence-corrected chi connectivity index (χ3v) is 7.70. The van der Waals surface area contributed by atoms with Crippen LogP contribution in [0.2, 0.25) is 0 Å². The van der Waals surface area contributed by atoms with E-state index in [2.05, 4.69) is 25.1 Å². The third-order valence-electron chi connectivity index (χ3n) is 7.70. The molecule has 0 unspecified atom stereocenters. The number of halogens is 4. The fraction of sp³-hybridized carbons (Fsp3) is 0.483. The second kappa shape index (κ2) is 13.4. The first-order valence-corrected chi connectivity index (χ1v) is 14.2. The average Bonchev–Trinajstić information content (AvgIpc) is 3.47. The first-order valence-electron chi connectivity index (χ1n) is 14.2. The van der Waals surface area contributed by atoms with Crippen molar-refractivity contribution in [2.24, 2.45) is 5.92 Å². The molecule has 2 aliphatic heterocycles. The van der Waals surface area contributed by atoms with Gasteiger partial charge in [0.2, 0.25) is 5.82 Å². The molecular formula is C29H34F4N6O3. The Hall–Kier alpha value is -3.87. The highest BCUT2D eigenvalue weighted by Crippen LogP contribution is 2.27. The van der Waals surface area contributed by atoms with Gasteiger partial charge in [-0.25, -0.2) is 9.18 Å². The molecule has 2 fully saturated rings. The summed E-state index contributed by atoms with van der Waals surface area (Å²) in [7, 11) is 0. The van der Waals surface area contributed by atoms with Gasteiger partial charge in [0, 0.05) is 38.3 Å². The quantitative estimate of drug-likeness (QED) is 0.279. The lowest BCUT2D eigenvalue weighted by atomic mass is 9.90. The Labute approximate surface area is 241 Å². The van der Waals surface area contributed by atoms with Gasteiger partial charge >= 0.3 is 18.4 Å². The number of alkyl halides is 3. The van der Waals surface area contributed by atoms with Gasteiger partial charge in [0.1, 0.15) is 11.6 Å². The summed E-state index contributed by atoms with van der Waals surface area (Å²) in [6.07, 6.45) is -1.01. The molecular weight excluding hydrogens is 556 g/mol. The van der Waals surface area contributed by atoms with E-state index in [4.69, 9.17) is 4.52 Å². The predicted octanol–water partition coefficient (Wildman–Crippen LogP) is 4.95. The van der Waals surface area contributed by atoms with Crippen LogP contribution < -0.4 is 15.0 Å². The molecule has 3 aromatic rings. The summed E-state index contributed by atoms with van der Waals surface area (Å²) in [5.74, 6) is 0.301. The molecule has 226 valence electrons. The fourth-order valence-corrected chi connectivity index (χ4v) is 5.37. The number of benzene rings is 2. The molecule has 42 heavy (non-hydrogen) atoms. The van der Waals surface area contributed by atoms with E-state index in [-0.39, 0.29) is 23.4 Å². The van der Waals surface area contributed by atoms with Crippen molar-refractivity contribution in [3.63, 3.8) is 0 Å². The number of likely N-dealkylation sites (tertiary alicyclic amines) is 1. The van der Waals surface area contributed by atoms with E-state index in [9.17, 15) is 22.4 Å². The highest BCUT2D eigenvalue weighted by molar-refractivity contribution is 5.74. The number of urea groups is 1. The van der Waals surface area contributed by atoms with Gasteiger partial charge in [-0.3, -0.25) is 0 Å². The maximum atomic E-state index is 13.9. The lowest BCUT2D eigenvalue weighted by molar-refractivity contribution is -0.274. The van der Waals surface area contributed by atoms with Crippen LogP contribution in [0.4, 0.5) is 28.4 Å². The van der Waals surface area contributed by atoms with Gasteiger partial charge in [-0.05, 0) is 87.1 Å². The summed E-state index contributed by atoms with van der Waals surface area (Å²) < 4.78 is 60.3. The number of carbonyl (C=O) groups is 1. The van der Waals surface area contributed by atoms with Crippen molar-refractivity contribution in [1.29, 1.82) is 0 Å². The van der Waals surface area contributed by atoms with Gasteiger partial charge in [-0.1, -0.05) is 23.4 Å². The van der Waals surface area contributed by atoms with Crippen LogP contribution in [0.15, 0.2) is 53.1 Å². The summed E-state index contributed by atoms with van der Waals surface area (Å²) in [5.41, 5.74) is 1.29. The number of piperazine rings is 1. The number of anilines is 1. The molecule has 9 nitrogen and oxygen atoms in total. The Morgan fingerprint density at radius 3 is 2.40 bits per heavy atom. The molecule has 0 aliphatic carbocycles. The van der Waals surface area contributed by atoms with Crippen LogP contribution in [0.5, 0.6) is 5.75 Å². The standard InChI is InChI=1S/C29H34F4N6O3/c30-25-5-2-1-4-23(25)20-21-10-14-37(15-11-21)13-3-12-34-27(40)38-16-18-39(19-17-38)28-35-26(36-42-28)22-6-8-24(9-7-22)41-29(31,32)33/h1-2,4-9,21H,3,10-20H2,(H,34,40). The van der Waals surface area contributed by atoms with E-state index in [0.717, 1.165) is 50.9 Å². The van der Waals surface area contributed by atoms with Gasteiger partial charge < -0.3 is 29.3 Å².